The molecule has 0 unspecified atom stereocenters. The standard InChI is InChI=1S/C23H33N5OS.ClH/c1-8-26(9-2)10-11-27(22(29)20-14-18(7)28(25-20)15(3)4)23-24-19-13-16(5)12-17(6)21(19)30-23;/h12-15H,8-11H2,1-7H3;1H. The van der Waals surface area contributed by atoms with Gasteiger partial charge in [-0.2, -0.15) is 5.10 Å². The molecule has 8 heteroatoms. The van der Waals surface area contributed by atoms with Gasteiger partial charge in [0.25, 0.3) is 5.91 Å². The first-order chi connectivity index (χ1) is 14.2. The van der Waals surface area contributed by atoms with Gasteiger partial charge in [-0.05, 0) is 71.0 Å². The van der Waals surface area contributed by atoms with Crippen molar-refractivity contribution in [2.75, 3.05) is 31.1 Å². The molecule has 0 saturated carbocycles. The molecule has 0 aliphatic rings. The second kappa shape index (κ2) is 10.6. The monoisotopic (exact) mass is 463 g/mol. The number of likely N-dealkylation sites (N-methyl/N-ethyl adjacent to an activating group) is 1. The molecule has 0 aliphatic carbocycles. The molecule has 0 N–H and O–H groups in total. The van der Waals surface area contributed by atoms with Crippen molar-refractivity contribution >= 4 is 45.0 Å². The van der Waals surface area contributed by atoms with Crippen molar-refractivity contribution < 1.29 is 4.79 Å². The summed E-state index contributed by atoms with van der Waals surface area (Å²) in [6.07, 6.45) is 0. The molecule has 6 nitrogen and oxygen atoms in total. The summed E-state index contributed by atoms with van der Waals surface area (Å²) in [5.74, 6) is -0.0851. The van der Waals surface area contributed by atoms with E-state index in [4.69, 9.17) is 4.98 Å². The van der Waals surface area contributed by atoms with E-state index < -0.39 is 0 Å². The fourth-order valence-electron chi connectivity index (χ4n) is 3.80. The number of halogens is 1. The number of fused-ring (bicyclic) bond motifs is 1. The van der Waals surface area contributed by atoms with Gasteiger partial charge in [-0.1, -0.05) is 31.3 Å². The Hall–Kier alpha value is -1.96. The van der Waals surface area contributed by atoms with Crippen LogP contribution in [0.2, 0.25) is 0 Å². The number of carbonyl (C=O) groups is 1. The van der Waals surface area contributed by atoms with E-state index in [2.05, 4.69) is 63.7 Å². The van der Waals surface area contributed by atoms with Gasteiger partial charge in [0.2, 0.25) is 0 Å². The summed E-state index contributed by atoms with van der Waals surface area (Å²) in [6, 6.07) is 6.35. The lowest BCUT2D eigenvalue weighted by Gasteiger charge is -2.24. The molecule has 0 spiro atoms. The molecule has 0 radical (unpaired) electrons. The predicted molar refractivity (Wildman–Crippen MR) is 133 cm³/mol. The van der Waals surface area contributed by atoms with Crippen LogP contribution in [0.15, 0.2) is 18.2 Å². The van der Waals surface area contributed by atoms with E-state index in [0.717, 1.165) is 40.7 Å². The third-order valence-corrected chi connectivity index (χ3v) is 6.68. The van der Waals surface area contributed by atoms with Crippen molar-refractivity contribution in [3.8, 4) is 0 Å². The Morgan fingerprint density at radius 2 is 1.77 bits per heavy atom. The molecule has 2 aromatic heterocycles. The van der Waals surface area contributed by atoms with Crippen LogP contribution in [0.4, 0.5) is 5.13 Å². The van der Waals surface area contributed by atoms with Gasteiger partial charge in [0.05, 0.1) is 10.2 Å². The molecule has 0 bridgehead atoms. The van der Waals surface area contributed by atoms with Crippen molar-refractivity contribution in [2.24, 2.45) is 0 Å². The van der Waals surface area contributed by atoms with Crippen LogP contribution in [0, 0.1) is 20.8 Å². The number of aromatic nitrogens is 3. The number of hydrogen-bond donors (Lipinski definition) is 0. The number of anilines is 1. The summed E-state index contributed by atoms with van der Waals surface area (Å²) in [6.45, 7) is 17.9. The lowest BCUT2D eigenvalue weighted by Crippen LogP contribution is -2.39. The highest BCUT2D eigenvalue weighted by Crippen LogP contribution is 2.32. The third-order valence-electron chi connectivity index (χ3n) is 5.45. The third kappa shape index (κ3) is 5.45. The Morgan fingerprint density at radius 3 is 2.35 bits per heavy atom. The first-order valence-corrected chi connectivity index (χ1v) is 11.5. The van der Waals surface area contributed by atoms with Crippen LogP contribution >= 0.6 is 23.7 Å². The SMILES string of the molecule is CCN(CC)CCN(C(=O)c1cc(C)n(C(C)C)n1)c1nc2cc(C)cc(C)c2s1.Cl. The van der Waals surface area contributed by atoms with Crippen LogP contribution in [0.3, 0.4) is 0 Å². The molecule has 0 saturated heterocycles. The van der Waals surface area contributed by atoms with E-state index in [1.165, 1.54) is 11.1 Å². The summed E-state index contributed by atoms with van der Waals surface area (Å²) in [7, 11) is 0. The Labute approximate surface area is 195 Å². The summed E-state index contributed by atoms with van der Waals surface area (Å²) in [4.78, 5) is 22.5. The molecule has 3 aromatic rings. The minimum Gasteiger partial charge on any atom is -0.302 e. The van der Waals surface area contributed by atoms with Gasteiger partial charge >= 0.3 is 0 Å². The highest BCUT2D eigenvalue weighted by molar-refractivity contribution is 7.22. The largest absolute Gasteiger partial charge is 0.302 e. The molecule has 0 atom stereocenters. The second-order valence-corrected chi connectivity index (χ2v) is 9.10. The van der Waals surface area contributed by atoms with Crippen LogP contribution in [-0.2, 0) is 0 Å². The van der Waals surface area contributed by atoms with Gasteiger partial charge in [-0.3, -0.25) is 14.4 Å². The van der Waals surface area contributed by atoms with Crippen molar-refractivity contribution in [3.63, 3.8) is 0 Å². The smallest absolute Gasteiger partial charge is 0.280 e. The summed E-state index contributed by atoms with van der Waals surface area (Å²) >= 11 is 1.59. The Balaban J connectivity index is 0.00000341. The highest BCUT2D eigenvalue weighted by atomic mass is 35.5. The van der Waals surface area contributed by atoms with Gasteiger partial charge in [0, 0.05) is 24.8 Å². The molecule has 1 amide bonds. The average Bonchev–Trinajstić information content (AvgIpc) is 3.28. The van der Waals surface area contributed by atoms with Gasteiger partial charge in [-0.25, -0.2) is 4.98 Å². The normalized spacial score (nSPS) is 11.4. The molecule has 3 rings (SSSR count). The lowest BCUT2D eigenvalue weighted by molar-refractivity contribution is 0.0978. The van der Waals surface area contributed by atoms with E-state index in [0.29, 0.717) is 12.2 Å². The minimum atomic E-state index is -0.0851. The maximum atomic E-state index is 13.5. The topological polar surface area (TPSA) is 54.3 Å². The van der Waals surface area contributed by atoms with Crippen LogP contribution in [0.25, 0.3) is 10.2 Å². The highest BCUT2D eigenvalue weighted by Gasteiger charge is 2.25. The zero-order valence-electron chi connectivity index (χ0n) is 19.6. The Morgan fingerprint density at radius 1 is 1.10 bits per heavy atom. The number of carbonyl (C=O) groups excluding carboxylic acids is 1. The second-order valence-electron chi connectivity index (χ2n) is 8.12. The van der Waals surface area contributed by atoms with Crippen LogP contribution in [0.5, 0.6) is 0 Å². The van der Waals surface area contributed by atoms with Crippen molar-refractivity contribution in [1.29, 1.82) is 0 Å². The molecular weight excluding hydrogens is 430 g/mol. The summed E-state index contributed by atoms with van der Waals surface area (Å²) in [5.41, 5.74) is 4.81. The molecule has 0 aliphatic heterocycles. The van der Waals surface area contributed by atoms with Crippen molar-refractivity contribution in [2.45, 2.75) is 54.5 Å². The summed E-state index contributed by atoms with van der Waals surface area (Å²) < 4.78 is 3.04. The number of aryl methyl sites for hydroxylation is 3. The fourth-order valence-corrected chi connectivity index (χ4v) is 4.84. The number of amides is 1. The van der Waals surface area contributed by atoms with Gasteiger partial charge < -0.3 is 4.90 Å². The van der Waals surface area contributed by atoms with Crippen LogP contribution in [-0.4, -0.2) is 51.8 Å². The van der Waals surface area contributed by atoms with E-state index in [1.54, 1.807) is 11.3 Å². The van der Waals surface area contributed by atoms with Gasteiger partial charge in [-0.15, -0.1) is 12.4 Å². The zero-order chi connectivity index (χ0) is 22.0. The molecule has 31 heavy (non-hydrogen) atoms. The number of thiazole rings is 1. The first kappa shape index (κ1) is 25.3. The maximum Gasteiger partial charge on any atom is 0.280 e. The van der Waals surface area contributed by atoms with Gasteiger partial charge in [0.1, 0.15) is 0 Å². The number of benzene rings is 1. The van der Waals surface area contributed by atoms with E-state index in [1.807, 2.05) is 22.6 Å². The zero-order valence-corrected chi connectivity index (χ0v) is 21.2. The lowest BCUT2D eigenvalue weighted by atomic mass is 10.1. The molecule has 0 fully saturated rings. The molecular formula is C23H34ClN5OS. The van der Waals surface area contributed by atoms with E-state index >= 15 is 0 Å². The average molecular weight is 464 g/mol. The summed E-state index contributed by atoms with van der Waals surface area (Å²) in [5, 5.41) is 5.34. The predicted octanol–water partition coefficient (Wildman–Crippen LogP) is 5.41. The minimum absolute atomic E-state index is 0. The van der Waals surface area contributed by atoms with Crippen LogP contribution in [0.1, 0.15) is 61.0 Å². The van der Waals surface area contributed by atoms with Crippen molar-refractivity contribution in [1.82, 2.24) is 19.7 Å². The van der Waals surface area contributed by atoms with E-state index in [-0.39, 0.29) is 24.4 Å². The Kier molecular flexibility index (Phi) is 8.63. The fraction of sp³-hybridized carbons (Fsp3) is 0.522. The number of hydrogen-bond acceptors (Lipinski definition) is 5. The van der Waals surface area contributed by atoms with Gasteiger partial charge in [0.15, 0.2) is 10.8 Å². The molecule has 2 heterocycles. The van der Waals surface area contributed by atoms with Crippen molar-refractivity contribution in [3.05, 3.63) is 40.7 Å². The molecule has 170 valence electrons. The quantitative estimate of drug-likeness (QED) is 0.448. The maximum absolute atomic E-state index is 13.5. The first-order valence-electron chi connectivity index (χ1n) is 10.7. The molecule has 1 aromatic carbocycles. The number of rotatable bonds is 8. The Bertz CT molecular complexity index is 1040. The number of nitrogens with zero attached hydrogens (tertiary/aromatic N) is 5. The van der Waals surface area contributed by atoms with Crippen LogP contribution < -0.4 is 4.90 Å². The van der Waals surface area contributed by atoms with E-state index in [9.17, 15) is 4.79 Å².